The molecule has 1 aromatic carbocycles. The van der Waals surface area contributed by atoms with Crippen LogP contribution in [0.4, 0.5) is 0 Å². The van der Waals surface area contributed by atoms with Crippen molar-refractivity contribution in [1.29, 1.82) is 0 Å². The van der Waals surface area contributed by atoms with E-state index >= 15 is 0 Å². The lowest BCUT2D eigenvalue weighted by molar-refractivity contribution is 0.588. The quantitative estimate of drug-likeness (QED) is 0.181. The number of allylic oxidation sites excluding steroid dienone is 11. The molecule has 1 atom stereocenters. The third kappa shape index (κ3) is 15.7. The molecule has 0 N–H and O–H groups in total. The highest BCUT2D eigenvalue weighted by Crippen LogP contribution is 2.23. The SMILES string of the molecule is CC(C)=CCC/C(C)=C/CC/C(C)=C/CC/C(C)=C/CC(/C=C(\C)CCC=C(C)C)S(=O)(=O)c1ccccc1. The molecule has 1 aromatic rings. The third-order valence-electron chi connectivity index (χ3n) is 6.88. The van der Waals surface area contributed by atoms with E-state index in [1.165, 1.54) is 27.9 Å². The maximum Gasteiger partial charge on any atom is 0.185 e. The summed E-state index contributed by atoms with van der Waals surface area (Å²) >= 11 is 0. The second-order valence-electron chi connectivity index (χ2n) is 11.5. The molecule has 1 unspecified atom stereocenters. The summed E-state index contributed by atoms with van der Waals surface area (Å²) in [5, 5.41) is -0.550. The summed E-state index contributed by atoms with van der Waals surface area (Å²) in [6, 6.07) is 8.87. The van der Waals surface area contributed by atoms with Gasteiger partial charge in [-0.2, -0.15) is 0 Å². The van der Waals surface area contributed by atoms with Crippen LogP contribution in [-0.4, -0.2) is 13.7 Å². The van der Waals surface area contributed by atoms with Gasteiger partial charge < -0.3 is 0 Å². The standard InChI is InChI=1S/C36H54O2S/c1-29(2)16-12-18-31(5)19-14-20-32(6)21-15-22-33(7)26-27-36(28-34(8)23-13-17-30(3)4)39(37,38)35-24-10-9-11-25-35/h9-11,16-17,19,21,24-26,28,36H,12-15,18,20,22-23,27H2,1-8H3/b31-19+,32-21+,33-26+,34-28+. The van der Waals surface area contributed by atoms with E-state index in [1.54, 1.807) is 24.3 Å². The molecule has 216 valence electrons. The summed E-state index contributed by atoms with van der Waals surface area (Å²) in [6.07, 6.45) is 22.1. The summed E-state index contributed by atoms with van der Waals surface area (Å²) < 4.78 is 27.0. The van der Waals surface area contributed by atoms with Gasteiger partial charge in [-0.3, -0.25) is 0 Å². The number of sulfone groups is 1. The van der Waals surface area contributed by atoms with Gasteiger partial charge in [-0.05, 0) is 125 Å². The first-order chi connectivity index (χ1) is 18.4. The van der Waals surface area contributed by atoms with Gasteiger partial charge in [-0.15, -0.1) is 0 Å². The van der Waals surface area contributed by atoms with Gasteiger partial charge in [0.2, 0.25) is 0 Å². The number of benzene rings is 1. The van der Waals surface area contributed by atoms with Crippen LogP contribution in [0, 0.1) is 0 Å². The fraction of sp³-hybridized carbons (Fsp3) is 0.500. The van der Waals surface area contributed by atoms with Crippen LogP contribution in [0.5, 0.6) is 0 Å². The Morgan fingerprint density at radius 1 is 0.590 bits per heavy atom. The molecule has 0 spiro atoms. The van der Waals surface area contributed by atoms with E-state index in [4.69, 9.17) is 0 Å². The average Bonchev–Trinajstić information content (AvgIpc) is 2.86. The molecular formula is C36H54O2S. The van der Waals surface area contributed by atoms with Crippen molar-refractivity contribution in [2.75, 3.05) is 0 Å². The summed E-state index contributed by atoms with van der Waals surface area (Å²) in [5.41, 5.74) is 7.96. The van der Waals surface area contributed by atoms with E-state index in [2.05, 4.69) is 85.8 Å². The fourth-order valence-electron chi connectivity index (χ4n) is 4.36. The monoisotopic (exact) mass is 550 g/mol. The summed E-state index contributed by atoms with van der Waals surface area (Å²) in [4.78, 5) is 0.397. The maximum atomic E-state index is 13.5. The highest BCUT2D eigenvalue weighted by Gasteiger charge is 2.24. The Balaban J connectivity index is 2.78. The minimum absolute atomic E-state index is 0.397. The Morgan fingerprint density at radius 3 is 1.46 bits per heavy atom. The normalized spacial score (nSPS) is 14.3. The van der Waals surface area contributed by atoms with Crippen LogP contribution in [0.2, 0.25) is 0 Å². The van der Waals surface area contributed by atoms with E-state index in [1.807, 2.05) is 12.1 Å². The van der Waals surface area contributed by atoms with E-state index in [9.17, 15) is 8.42 Å². The number of hydrogen-bond acceptors (Lipinski definition) is 2. The molecule has 0 aliphatic rings. The van der Waals surface area contributed by atoms with Crippen LogP contribution in [0.1, 0.15) is 113 Å². The highest BCUT2D eigenvalue weighted by atomic mass is 32.2. The summed E-state index contributed by atoms with van der Waals surface area (Å²) in [5.74, 6) is 0. The smallest absolute Gasteiger partial charge is 0.185 e. The Bertz CT molecular complexity index is 1150. The topological polar surface area (TPSA) is 34.1 Å². The summed E-state index contributed by atoms with van der Waals surface area (Å²) in [7, 11) is -3.45. The molecule has 2 nitrogen and oxygen atoms in total. The van der Waals surface area contributed by atoms with Gasteiger partial charge in [0.15, 0.2) is 9.84 Å². The molecule has 1 rings (SSSR count). The Morgan fingerprint density at radius 2 is 1.00 bits per heavy atom. The van der Waals surface area contributed by atoms with Crippen LogP contribution in [0.25, 0.3) is 0 Å². The molecule has 0 fully saturated rings. The van der Waals surface area contributed by atoms with Crippen LogP contribution in [0.3, 0.4) is 0 Å². The first-order valence-corrected chi connectivity index (χ1v) is 16.2. The molecule has 39 heavy (non-hydrogen) atoms. The van der Waals surface area contributed by atoms with Gasteiger partial charge in [-0.25, -0.2) is 8.42 Å². The van der Waals surface area contributed by atoms with Crippen molar-refractivity contribution in [1.82, 2.24) is 0 Å². The molecule has 3 heteroatoms. The molecule has 0 aliphatic heterocycles. The second kappa shape index (κ2) is 18.8. The third-order valence-corrected chi connectivity index (χ3v) is 8.94. The Hall–Kier alpha value is -2.39. The lowest BCUT2D eigenvalue weighted by Crippen LogP contribution is -2.19. The molecule has 0 aromatic heterocycles. The maximum absolute atomic E-state index is 13.5. The van der Waals surface area contributed by atoms with Crippen molar-refractivity contribution < 1.29 is 8.42 Å². The van der Waals surface area contributed by atoms with Crippen molar-refractivity contribution in [2.45, 2.75) is 123 Å². The minimum atomic E-state index is -3.45. The largest absolute Gasteiger partial charge is 0.223 e. The van der Waals surface area contributed by atoms with Crippen molar-refractivity contribution in [3.63, 3.8) is 0 Å². The van der Waals surface area contributed by atoms with Gasteiger partial charge in [-0.1, -0.05) is 88.1 Å². The van der Waals surface area contributed by atoms with Gasteiger partial charge in [0, 0.05) is 0 Å². The van der Waals surface area contributed by atoms with Crippen molar-refractivity contribution in [3.8, 4) is 0 Å². The molecule has 0 saturated heterocycles. The van der Waals surface area contributed by atoms with Crippen LogP contribution < -0.4 is 0 Å². The van der Waals surface area contributed by atoms with Gasteiger partial charge in [0.05, 0.1) is 10.1 Å². The zero-order valence-electron chi connectivity index (χ0n) is 26.0. The Labute approximate surface area is 241 Å². The molecule has 0 radical (unpaired) electrons. The molecule has 0 heterocycles. The fourth-order valence-corrected chi connectivity index (χ4v) is 6.01. The van der Waals surface area contributed by atoms with Crippen LogP contribution in [0.15, 0.2) is 105 Å². The van der Waals surface area contributed by atoms with Gasteiger partial charge in [0.25, 0.3) is 0 Å². The predicted molar refractivity (Wildman–Crippen MR) is 173 cm³/mol. The van der Waals surface area contributed by atoms with E-state index in [0.29, 0.717) is 11.3 Å². The zero-order chi connectivity index (χ0) is 29.3. The number of rotatable bonds is 17. The first-order valence-electron chi connectivity index (χ1n) is 14.6. The minimum Gasteiger partial charge on any atom is -0.223 e. The first kappa shape index (κ1) is 34.6. The summed E-state index contributed by atoms with van der Waals surface area (Å²) in [6.45, 7) is 17.1. The van der Waals surface area contributed by atoms with E-state index in [0.717, 1.165) is 56.9 Å². The number of hydrogen-bond donors (Lipinski definition) is 0. The van der Waals surface area contributed by atoms with Crippen LogP contribution in [-0.2, 0) is 9.84 Å². The molecule has 0 bridgehead atoms. The van der Waals surface area contributed by atoms with E-state index < -0.39 is 15.1 Å². The van der Waals surface area contributed by atoms with Crippen molar-refractivity contribution in [3.05, 3.63) is 100 Å². The molecular weight excluding hydrogens is 496 g/mol. The second-order valence-corrected chi connectivity index (χ2v) is 13.7. The predicted octanol–water partition coefficient (Wildman–Crippen LogP) is 11.1. The highest BCUT2D eigenvalue weighted by molar-refractivity contribution is 7.92. The lowest BCUT2D eigenvalue weighted by atomic mass is 10.0. The molecule has 0 amide bonds. The average molecular weight is 551 g/mol. The van der Waals surface area contributed by atoms with E-state index in [-0.39, 0.29) is 0 Å². The molecule has 0 aliphatic carbocycles. The lowest BCUT2D eigenvalue weighted by Gasteiger charge is -2.15. The van der Waals surface area contributed by atoms with Crippen molar-refractivity contribution in [2.24, 2.45) is 0 Å². The Kier molecular flexibility index (Phi) is 16.7. The van der Waals surface area contributed by atoms with Gasteiger partial charge in [0.1, 0.15) is 0 Å². The zero-order valence-corrected chi connectivity index (χ0v) is 26.8. The molecule has 0 saturated carbocycles. The van der Waals surface area contributed by atoms with Crippen LogP contribution >= 0.6 is 0 Å². The van der Waals surface area contributed by atoms with Crippen molar-refractivity contribution >= 4 is 9.84 Å². The van der Waals surface area contributed by atoms with Gasteiger partial charge >= 0.3 is 0 Å².